The monoisotopic (exact) mass is 368 g/mol. The van der Waals surface area contributed by atoms with Gasteiger partial charge in [0.05, 0.1) is 19.2 Å². The highest BCUT2D eigenvalue weighted by Gasteiger charge is 2.20. The van der Waals surface area contributed by atoms with E-state index in [1.54, 1.807) is 4.90 Å². The smallest absolute Gasteiger partial charge is 0.409 e. The van der Waals surface area contributed by atoms with Crippen molar-refractivity contribution in [1.82, 2.24) is 20.0 Å². The first-order valence-electron chi connectivity index (χ1n) is 7.87. The zero-order chi connectivity index (χ0) is 16.9. The Morgan fingerprint density at radius 3 is 2.68 bits per heavy atom. The van der Waals surface area contributed by atoms with Crippen LogP contribution in [0.1, 0.15) is 10.5 Å². The van der Waals surface area contributed by atoms with Crippen molar-refractivity contribution in [2.24, 2.45) is 0 Å². The molecule has 2 aromatic rings. The lowest BCUT2D eigenvalue weighted by Gasteiger charge is -2.26. The average molecular weight is 369 g/mol. The molecule has 0 atom stereocenters. The average Bonchev–Trinajstić information content (AvgIpc) is 3.00. The topological polar surface area (TPSA) is 85.7 Å². The van der Waals surface area contributed by atoms with Gasteiger partial charge in [-0.2, -0.15) is 5.10 Å². The number of benzene rings is 1. The molecule has 1 aromatic heterocycles. The van der Waals surface area contributed by atoms with E-state index in [4.69, 9.17) is 9.47 Å². The fraction of sp³-hybridized carbons (Fsp3) is 0.438. The van der Waals surface area contributed by atoms with Crippen molar-refractivity contribution in [3.63, 3.8) is 0 Å². The van der Waals surface area contributed by atoms with Gasteiger partial charge in [0.15, 0.2) is 5.69 Å². The van der Waals surface area contributed by atoms with Crippen molar-refractivity contribution in [3.8, 4) is 0 Å². The Balaban J connectivity index is 0.00000225. The molecule has 3 rings (SSSR count). The summed E-state index contributed by atoms with van der Waals surface area (Å²) in [5.41, 5.74) is 1.07. The van der Waals surface area contributed by atoms with Gasteiger partial charge in [0.1, 0.15) is 6.61 Å². The van der Waals surface area contributed by atoms with Crippen LogP contribution in [0.3, 0.4) is 0 Å². The van der Waals surface area contributed by atoms with Crippen LogP contribution in [0.25, 0.3) is 10.9 Å². The number of amides is 1. The van der Waals surface area contributed by atoms with Gasteiger partial charge >= 0.3 is 12.1 Å². The number of fused-ring (bicyclic) bond motifs is 1. The van der Waals surface area contributed by atoms with Gasteiger partial charge in [-0.25, -0.2) is 9.59 Å². The molecular formula is C16H21ClN4O4. The third-order valence-electron chi connectivity index (χ3n) is 3.93. The molecule has 0 saturated carbocycles. The van der Waals surface area contributed by atoms with E-state index in [9.17, 15) is 9.59 Å². The molecule has 9 heteroatoms. The predicted molar refractivity (Wildman–Crippen MR) is 94.1 cm³/mol. The summed E-state index contributed by atoms with van der Waals surface area (Å²) < 4.78 is 11.7. The first-order chi connectivity index (χ1) is 11.7. The summed E-state index contributed by atoms with van der Waals surface area (Å²) in [4.78, 5) is 25.7. The molecule has 1 N–H and O–H groups in total. The van der Waals surface area contributed by atoms with Crippen LogP contribution in [0.5, 0.6) is 0 Å². The van der Waals surface area contributed by atoms with Crippen LogP contribution in [0.4, 0.5) is 4.79 Å². The van der Waals surface area contributed by atoms with E-state index in [1.807, 2.05) is 24.3 Å². The molecule has 25 heavy (non-hydrogen) atoms. The lowest BCUT2D eigenvalue weighted by molar-refractivity contribution is 0.0585. The van der Waals surface area contributed by atoms with Crippen LogP contribution in [-0.4, -0.2) is 66.6 Å². The van der Waals surface area contributed by atoms with E-state index in [0.717, 1.165) is 18.5 Å². The third-order valence-corrected chi connectivity index (χ3v) is 3.93. The Morgan fingerprint density at radius 2 is 1.96 bits per heavy atom. The van der Waals surface area contributed by atoms with Gasteiger partial charge in [-0.15, -0.1) is 12.4 Å². The molecule has 0 bridgehead atoms. The Kier molecular flexibility index (Phi) is 6.60. The molecular weight excluding hydrogens is 348 g/mol. The number of esters is 1. The van der Waals surface area contributed by atoms with Crippen molar-refractivity contribution in [2.75, 3.05) is 39.9 Å². The number of nitrogens with zero attached hydrogens (tertiary/aromatic N) is 3. The van der Waals surface area contributed by atoms with Crippen LogP contribution >= 0.6 is 12.4 Å². The number of hydrogen-bond donors (Lipinski definition) is 1. The second-order valence-electron chi connectivity index (χ2n) is 5.43. The number of carbonyl (C=O) groups is 2. The van der Waals surface area contributed by atoms with Crippen LogP contribution in [0.2, 0.25) is 0 Å². The van der Waals surface area contributed by atoms with Crippen molar-refractivity contribution >= 4 is 35.4 Å². The zero-order valence-corrected chi connectivity index (χ0v) is 14.8. The minimum Gasteiger partial charge on any atom is -0.464 e. The first kappa shape index (κ1) is 19.0. The summed E-state index contributed by atoms with van der Waals surface area (Å²) in [5, 5.41) is 8.29. The SMILES string of the molecule is COC(=O)c1c2ccccc2nn1CCOC(=O)N1CCNCC1.Cl. The summed E-state index contributed by atoms with van der Waals surface area (Å²) in [5.74, 6) is -0.461. The van der Waals surface area contributed by atoms with Crippen molar-refractivity contribution in [2.45, 2.75) is 6.54 Å². The quantitative estimate of drug-likeness (QED) is 0.818. The summed E-state index contributed by atoms with van der Waals surface area (Å²) in [7, 11) is 1.33. The molecule has 8 nitrogen and oxygen atoms in total. The van der Waals surface area contributed by atoms with Crippen LogP contribution in [0, 0.1) is 0 Å². The van der Waals surface area contributed by atoms with Crippen molar-refractivity contribution in [1.29, 1.82) is 0 Å². The molecule has 1 amide bonds. The fourth-order valence-electron chi connectivity index (χ4n) is 2.71. The third kappa shape index (κ3) is 4.21. The van der Waals surface area contributed by atoms with Gasteiger partial charge in [-0.1, -0.05) is 18.2 Å². The molecule has 1 fully saturated rings. The van der Waals surface area contributed by atoms with Gasteiger partial charge in [0, 0.05) is 31.6 Å². The summed E-state index contributed by atoms with van der Waals surface area (Å²) in [6.07, 6.45) is -0.340. The molecule has 1 saturated heterocycles. The number of aromatic nitrogens is 2. The zero-order valence-electron chi connectivity index (χ0n) is 13.9. The highest BCUT2D eigenvalue weighted by Crippen LogP contribution is 2.19. The molecule has 0 radical (unpaired) electrons. The summed E-state index contributed by atoms with van der Waals surface area (Å²) in [6, 6.07) is 7.33. The molecule has 0 spiro atoms. The number of piperazine rings is 1. The molecule has 0 aliphatic carbocycles. The van der Waals surface area contributed by atoms with Crippen LogP contribution in [0.15, 0.2) is 24.3 Å². The van der Waals surface area contributed by atoms with Gasteiger partial charge < -0.3 is 19.7 Å². The first-order valence-corrected chi connectivity index (χ1v) is 7.87. The highest BCUT2D eigenvalue weighted by atomic mass is 35.5. The molecule has 136 valence electrons. The Labute approximate surface area is 151 Å². The molecule has 0 unspecified atom stereocenters. The lowest BCUT2D eigenvalue weighted by Crippen LogP contribution is -2.46. The van der Waals surface area contributed by atoms with Crippen LogP contribution in [-0.2, 0) is 16.0 Å². The van der Waals surface area contributed by atoms with E-state index in [-0.39, 0.29) is 31.7 Å². The molecule has 1 aromatic carbocycles. The number of halogens is 1. The molecule has 1 aliphatic rings. The van der Waals surface area contributed by atoms with Crippen LogP contribution < -0.4 is 5.32 Å². The van der Waals surface area contributed by atoms with E-state index in [0.29, 0.717) is 24.3 Å². The standard InChI is InChI=1S/C16H20N4O4.ClH/c1-23-15(21)14-12-4-2-3-5-13(12)18-20(14)10-11-24-16(22)19-8-6-17-7-9-19;/h2-5,17H,6-11H2,1H3;1H. The van der Waals surface area contributed by atoms with E-state index in [2.05, 4.69) is 10.4 Å². The second-order valence-corrected chi connectivity index (χ2v) is 5.43. The number of methoxy groups -OCH3 is 1. The summed E-state index contributed by atoms with van der Waals surface area (Å²) in [6.45, 7) is 3.24. The largest absolute Gasteiger partial charge is 0.464 e. The minimum absolute atomic E-state index is 0. The van der Waals surface area contributed by atoms with Gasteiger partial charge in [-0.3, -0.25) is 4.68 Å². The fourth-order valence-corrected chi connectivity index (χ4v) is 2.71. The second kappa shape index (κ2) is 8.68. The maximum Gasteiger partial charge on any atom is 0.409 e. The number of nitrogens with one attached hydrogen (secondary N) is 1. The van der Waals surface area contributed by atoms with Gasteiger partial charge in [-0.05, 0) is 6.07 Å². The minimum atomic E-state index is -0.461. The maximum atomic E-state index is 12.0. The number of rotatable bonds is 4. The number of ether oxygens (including phenoxy) is 2. The van der Waals surface area contributed by atoms with Gasteiger partial charge in [0.25, 0.3) is 0 Å². The van der Waals surface area contributed by atoms with Crippen molar-refractivity contribution < 1.29 is 19.1 Å². The number of hydrogen-bond acceptors (Lipinski definition) is 6. The van der Waals surface area contributed by atoms with E-state index in [1.165, 1.54) is 11.8 Å². The molecule has 1 aliphatic heterocycles. The lowest BCUT2D eigenvalue weighted by atomic mass is 10.2. The normalized spacial score (nSPS) is 14.0. The van der Waals surface area contributed by atoms with E-state index >= 15 is 0 Å². The Bertz CT molecular complexity index is 743. The highest BCUT2D eigenvalue weighted by molar-refractivity contribution is 6.02. The molecule has 2 heterocycles. The Morgan fingerprint density at radius 1 is 1.24 bits per heavy atom. The van der Waals surface area contributed by atoms with E-state index < -0.39 is 5.97 Å². The summed E-state index contributed by atoms with van der Waals surface area (Å²) >= 11 is 0. The maximum absolute atomic E-state index is 12.0. The predicted octanol–water partition coefficient (Wildman–Crippen LogP) is 1.29. The Hall–Kier alpha value is -2.32. The number of carbonyl (C=O) groups excluding carboxylic acids is 2. The van der Waals surface area contributed by atoms with Crippen molar-refractivity contribution in [3.05, 3.63) is 30.0 Å². The van der Waals surface area contributed by atoms with Gasteiger partial charge in [0.2, 0.25) is 0 Å².